The van der Waals surface area contributed by atoms with Gasteiger partial charge in [0.1, 0.15) is 5.69 Å². The number of amides is 2. The molecular formula is C22H19N3O4. The fourth-order valence-corrected chi connectivity index (χ4v) is 2.91. The first-order valence-electron chi connectivity index (χ1n) is 8.88. The summed E-state index contributed by atoms with van der Waals surface area (Å²) in [6.45, 7) is 0. The number of pyridine rings is 1. The van der Waals surface area contributed by atoms with Gasteiger partial charge in [-0.1, -0.05) is 42.5 Å². The molecule has 0 spiro atoms. The quantitative estimate of drug-likeness (QED) is 0.573. The number of aliphatic carboxylic acids is 1. The maximum absolute atomic E-state index is 12.7. The molecule has 7 heteroatoms. The number of nitrogens with one attached hydrogen (secondary N) is 1. The third kappa shape index (κ3) is 5.26. The highest BCUT2D eigenvalue weighted by molar-refractivity contribution is 6.03. The summed E-state index contributed by atoms with van der Waals surface area (Å²) in [6.07, 6.45) is -0.0784. The molecule has 3 aromatic rings. The summed E-state index contributed by atoms with van der Waals surface area (Å²) >= 11 is 0. The summed E-state index contributed by atoms with van der Waals surface area (Å²) in [6, 6.07) is 19.0. The molecule has 0 unspecified atom stereocenters. The first-order chi connectivity index (χ1) is 13.9. The van der Waals surface area contributed by atoms with Crippen molar-refractivity contribution in [2.75, 3.05) is 5.32 Å². The standard InChI is InChI=1S/C22H19N3O4/c23-20(26)12-14-5-3-7-15(11-14)17-9-4-10-19(24-17)22(29)25-18-8-2-1-6-16(18)13-21(27)28/h1-11H,12-13H2,(H2,23,26)(H,25,29)(H,27,28). The molecule has 4 N–H and O–H groups in total. The van der Waals surface area contributed by atoms with Gasteiger partial charge in [0.05, 0.1) is 18.5 Å². The first kappa shape index (κ1) is 19.8. The van der Waals surface area contributed by atoms with Gasteiger partial charge in [-0.05, 0) is 35.4 Å². The predicted molar refractivity (Wildman–Crippen MR) is 108 cm³/mol. The lowest BCUT2D eigenvalue weighted by Gasteiger charge is -2.10. The Labute approximate surface area is 167 Å². The second-order valence-corrected chi connectivity index (χ2v) is 6.43. The van der Waals surface area contributed by atoms with Crippen molar-refractivity contribution in [1.29, 1.82) is 0 Å². The maximum atomic E-state index is 12.7. The normalized spacial score (nSPS) is 10.3. The van der Waals surface area contributed by atoms with E-state index in [1.165, 1.54) is 0 Å². The van der Waals surface area contributed by atoms with Crippen LogP contribution in [-0.4, -0.2) is 27.9 Å². The largest absolute Gasteiger partial charge is 0.481 e. The Kier molecular flexibility index (Phi) is 5.99. The van der Waals surface area contributed by atoms with Gasteiger partial charge in [0, 0.05) is 11.3 Å². The van der Waals surface area contributed by atoms with Crippen LogP contribution < -0.4 is 11.1 Å². The van der Waals surface area contributed by atoms with Crippen LogP contribution in [0.1, 0.15) is 21.6 Å². The molecular weight excluding hydrogens is 370 g/mol. The molecule has 0 bridgehead atoms. The molecule has 0 fully saturated rings. The van der Waals surface area contributed by atoms with Gasteiger partial charge in [0.2, 0.25) is 5.91 Å². The van der Waals surface area contributed by atoms with Gasteiger partial charge in [-0.25, -0.2) is 4.98 Å². The van der Waals surface area contributed by atoms with Crippen LogP contribution in [0.4, 0.5) is 5.69 Å². The maximum Gasteiger partial charge on any atom is 0.307 e. The van der Waals surface area contributed by atoms with Crippen LogP contribution in [0.5, 0.6) is 0 Å². The average molecular weight is 389 g/mol. The van der Waals surface area contributed by atoms with E-state index in [1.807, 2.05) is 6.07 Å². The van der Waals surface area contributed by atoms with E-state index in [0.29, 0.717) is 16.9 Å². The lowest BCUT2D eigenvalue weighted by molar-refractivity contribution is -0.136. The molecule has 0 saturated carbocycles. The molecule has 0 radical (unpaired) electrons. The lowest BCUT2D eigenvalue weighted by atomic mass is 10.0. The molecule has 2 aromatic carbocycles. The molecule has 3 rings (SSSR count). The Balaban J connectivity index is 1.84. The van der Waals surface area contributed by atoms with Gasteiger partial charge in [0.25, 0.3) is 5.91 Å². The Hall–Kier alpha value is -4.00. The minimum Gasteiger partial charge on any atom is -0.481 e. The molecule has 1 heterocycles. The highest BCUT2D eigenvalue weighted by atomic mass is 16.4. The van der Waals surface area contributed by atoms with E-state index < -0.39 is 17.8 Å². The van der Waals surface area contributed by atoms with Crippen LogP contribution in [0.2, 0.25) is 0 Å². The Morgan fingerprint density at radius 2 is 1.69 bits per heavy atom. The second kappa shape index (κ2) is 8.79. The van der Waals surface area contributed by atoms with Crippen molar-refractivity contribution < 1.29 is 19.5 Å². The van der Waals surface area contributed by atoms with E-state index in [-0.39, 0.29) is 18.5 Å². The number of carbonyl (C=O) groups is 3. The minimum absolute atomic E-state index is 0.119. The summed E-state index contributed by atoms with van der Waals surface area (Å²) < 4.78 is 0. The SMILES string of the molecule is NC(=O)Cc1cccc(-c2cccc(C(=O)Nc3ccccc3CC(=O)O)n2)c1. The van der Waals surface area contributed by atoms with E-state index in [2.05, 4.69) is 10.3 Å². The summed E-state index contributed by atoms with van der Waals surface area (Å²) in [7, 11) is 0. The molecule has 2 amide bonds. The van der Waals surface area contributed by atoms with Gasteiger partial charge in [-0.15, -0.1) is 0 Å². The van der Waals surface area contributed by atoms with Crippen molar-refractivity contribution in [3.63, 3.8) is 0 Å². The number of primary amides is 1. The van der Waals surface area contributed by atoms with Gasteiger partial charge in [0.15, 0.2) is 0 Å². The number of aromatic nitrogens is 1. The monoisotopic (exact) mass is 389 g/mol. The summed E-state index contributed by atoms with van der Waals surface area (Å²) in [4.78, 5) is 39.2. The van der Waals surface area contributed by atoms with Crippen molar-refractivity contribution >= 4 is 23.5 Å². The molecule has 0 atom stereocenters. The van der Waals surface area contributed by atoms with Gasteiger partial charge in [-0.3, -0.25) is 14.4 Å². The summed E-state index contributed by atoms with van der Waals surface area (Å²) in [5.74, 6) is -1.86. The molecule has 0 aliphatic rings. The topological polar surface area (TPSA) is 122 Å². The van der Waals surface area contributed by atoms with E-state index in [4.69, 9.17) is 10.8 Å². The van der Waals surface area contributed by atoms with Gasteiger partial charge < -0.3 is 16.2 Å². The smallest absolute Gasteiger partial charge is 0.307 e. The number of carboxylic acid groups (broad SMARTS) is 1. The zero-order valence-electron chi connectivity index (χ0n) is 15.5. The average Bonchev–Trinajstić information content (AvgIpc) is 2.69. The van der Waals surface area contributed by atoms with E-state index in [1.54, 1.807) is 60.7 Å². The zero-order chi connectivity index (χ0) is 20.8. The van der Waals surface area contributed by atoms with Crippen LogP contribution in [0.25, 0.3) is 11.3 Å². The number of benzene rings is 2. The molecule has 0 aliphatic carbocycles. The van der Waals surface area contributed by atoms with Crippen molar-refractivity contribution in [1.82, 2.24) is 4.98 Å². The summed E-state index contributed by atoms with van der Waals surface area (Å²) in [5, 5.41) is 11.8. The fourth-order valence-electron chi connectivity index (χ4n) is 2.91. The number of carbonyl (C=O) groups excluding carboxylic acids is 2. The van der Waals surface area contributed by atoms with E-state index in [0.717, 1.165) is 11.1 Å². The highest BCUT2D eigenvalue weighted by Crippen LogP contribution is 2.20. The number of hydrogen-bond donors (Lipinski definition) is 3. The van der Waals surface area contributed by atoms with E-state index in [9.17, 15) is 14.4 Å². The third-order valence-electron chi connectivity index (χ3n) is 4.19. The van der Waals surface area contributed by atoms with Gasteiger partial charge in [-0.2, -0.15) is 0 Å². The van der Waals surface area contributed by atoms with Crippen molar-refractivity contribution in [3.05, 3.63) is 83.6 Å². The Morgan fingerprint density at radius 3 is 2.45 bits per heavy atom. The Bertz CT molecular complexity index is 1080. The van der Waals surface area contributed by atoms with Gasteiger partial charge >= 0.3 is 5.97 Å². The number of anilines is 1. The van der Waals surface area contributed by atoms with E-state index >= 15 is 0 Å². The molecule has 0 aliphatic heterocycles. The minimum atomic E-state index is -0.984. The first-order valence-corrected chi connectivity index (χ1v) is 8.88. The van der Waals surface area contributed by atoms with Crippen LogP contribution in [-0.2, 0) is 22.4 Å². The molecule has 1 aromatic heterocycles. The highest BCUT2D eigenvalue weighted by Gasteiger charge is 2.13. The van der Waals surface area contributed by atoms with Crippen molar-refractivity contribution in [2.24, 2.45) is 5.73 Å². The fraction of sp³-hybridized carbons (Fsp3) is 0.0909. The lowest BCUT2D eigenvalue weighted by Crippen LogP contribution is -2.16. The summed E-state index contributed by atoms with van der Waals surface area (Å²) in [5.41, 5.74) is 8.45. The van der Waals surface area contributed by atoms with Crippen LogP contribution in [0, 0.1) is 0 Å². The third-order valence-corrected chi connectivity index (χ3v) is 4.19. The van der Waals surface area contributed by atoms with Crippen molar-refractivity contribution in [3.8, 4) is 11.3 Å². The number of nitrogens with two attached hydrogens (primary N) is 1. The Morgan fingerprint density at radius 1 is 0.931 bits per heavy atom. The van der Waals surface area contributed by atoms with Crippen LogP contribution in [0.3, 0.4) is 0 Å². The number of para-hydroxylation sites is 1. The number of rotatable bonds is 7. The van der Waals surface area contributed by atoms with Crippen LogP contribution >= 0.6 is 0 Å². The molecule has 29 heavy (non-hydrogen) atoms. The zero-order valence-corrected chi connectivity index (χ0v) is 15.5. The molecule has 146 valence electrons. The van der Waals surface area contributed by atoms with Crippen LogP contribution in [0.15, 0.2) is 66.7 Å². The molecule has 0 saturated heterocycles. The van der Waals surface area contributed by atoms with Crippen molar-refractivity contribution in [2.45, 2.75) is 12.8 Å². The molecule has 7 nitrogen and oxygen atoms in total. The number of hydrogen-bond acceptors (Lipinski definition) is 4. The number of nitrogens with zero attached hydrogens (tertiary/aromatic N) is 1. The second-order valence-electron chi connectivity index (χ2n) is 6.43. The predicted octanol–water partition coefficient (Wildman–Crippen LogP) is 2.66. The number of carboxylic acids is 1.